The largest absolute Gasteiger partial charge is 0.274 e. The maximum absolute atomic E-state index is 14.7. The maximum Gasteiger partial charge on any atom is 0.246 e. The summed E-state index contributed by atoms with van der Waals surface area (Å²) >= 11 is 0. The number of hydrogen-bond donors (Lipinski definition) is 0. The maximum atomic E-state index is 14.7. The Morgan fingerprint density at radius 1 is 0.647 bits per heavy atom. The van der Waals surface area contributed by atoms with Gasteiger partial charge in [-0.25, -0.2) is 4.90 Å². The summed E-state index contributed by atoms with van der Waals surface area (Å²) in [5.41, 5.74) is 6.37. The van der Waals surface area contributed by atoms with E-state index in [1.807, 2.05) is 73.7 Å². The van der Waals surface area contributed by atoms with Gasteiger partial charge in [-0.2, -0.15) is 0 Å². The Hall–Kier alpha value is -3.98. The van der Waals surface area contributed by atoms with E-state index in [9.17, 15) is 9.59 Å². The Morgan fingerprint density at radius 3 is 1.76 bits per heavy atom. The lowest BCUT2D eigenvalue weighted by molar-refractivity contribution is -0.124. The minimum absolute atomic E-state index is 0.100. The predicted octanol–water partition coefficient (Wildman–Crippen LogP) is 5.71. The SMILES string of the molecule is Cc1ccc(N2C(=O)[C@@H]3C4c5ccccc5C(c5ccccc54)[C@@]3(c3ccccc3)C2=O)cc1. The van der Waals surface area contributed by atoms with E-state index in [1.165, 1.54) is 27.2 Å². The summed E-state index contributed by atoms with van der Waals surface area (Å²) in [6.45, 7) is 2.01. The van der Waals surface area contributed by atoms with Gasteiger partial charge in [-0.3, -0.25) is 9.59 Å². The highest BCUT2D eigenvalue weighted by Crippen LogP contribution is 2.67. The monoisotopic (exact) mass is 441 g/mol. The van der Waals surface area contributed by atoms with Crippen LogP contribution in [0.3, 0.4) is 0 Å². The minimum Gasteiger partial charge on any atom is -0.274 e. The van der Waals surface area contributed by atoms with Crippen LogP contribution in [0.1, 0.15) is 45.2 Å². The second kappa shape index (κ2) is 6.77. The van der Waals surface area contributed by atoms with Crippen LogP contribution in [0.15, 0.2) is 103 Å². The van der Waals surface area contributed by atoms with E-state index in [0.29, 0.717) is 5.69 Å². The molecule has 1 fully saturated rings. The Labute approximate surface area is 198 Å². The lowest BCUT2D eigenvalue weighted by Gasteiger charge is -2.53. The standard InChI is InChI=1S/C31H23NO2/c1-19-15-17-21(18-16-19)32-29(33)28-26-22-11-5-7-13-24(22)27(25-14-8-6-12-23(25)26)31(28,30(32)34)20-9-3-2-4-10-20/h2-18,26-28H,1H3/t26?,27?,28-,31+/m0/s1. The van der Waals surface area contributed by atoms with Crippen LogP contribution < -0.4 is 4.90 Å². The normalized spacial score (nSPS) is 26.3. The molecule has 4 aliphatic rings. The van der Waals surface area contributed by atoms with Crippen molar-refractivity contribution in [3.05, 3.63) is 137 Å². The molecular weight excluding hydrogens is 418 g/mol. The topological polar surface area (TPSA) is 37.4 Å². The number of carbonyl (C=O) groups excluding carboxylic acids is 2. The Bertz CT molecular complexity index is 1430. The first-order chi connectivity index (χ1) is 16.6. The molecule has 3 heteroatoms. The molecule has 0 aromatic heterocycles. The second-order valence-electron chi connectivity index (χ2n) is 9.70. The molecule has 34 heavy (non-hydrogen) atoms. The van der Waals surface area contributed by atoms with E-state index in [-0.39, 0.29) is 23.7 Å². The number of anilines is 1. The van der Waals surface area contributed by atoms with Crippen molar-refractivity contribution in [2.24, 2.45) is 5.92 Å². The molecule has 8 rings (SSSR count). The van der Waals surface area contributed by atoms with Crippen molar-refractivity contribution >= 4 is 17.5 Å². The van der Waals surface area contributed by atoms with E-state index in [0.717, 1.165) is 11.1 Å². The summed E-state index contributed by atoms with van der Waals surface area (Å²) in [5, 5.41) is 0. The molecule has 2 bridgehead atoms. The molecule has 2 atom stereocenters. The van der Waals surface area contributed by atoms with Crippen LogP contribution in [-0.2, 0) is 15.0 Å². The summed E-state index contributed by atoms with van der Waals surface area (Å²) in [6, 6.07) is 34.5. The second-order valence-corrected chi connectivity index (χ2v) is 9.70. The Kier molecular flexibility index (Phi) is 3.88. The highest BCUT2D eigenvalue weighted by Gasteiger charge is 2.71. The molecule has 164 valence electrons. The van der Waals surface area contributed by atoms with Crippen molar-refractivity contribution in [2.75, 3.05) is 4.90 Å². The highest BCUT2D eigenvalue weighted by molar-refractivity contribution is 6.27. The molecule has 4 aromatic carbocycles. The lowest BCUT2D eigenvalue weighted by atomic mass is 9.46. The zero-order valence-corrected chi connectivity index (χ0v) is 18.8. The number of benzene rings is 4. The summed E-state index contributed by atoms with van der Waals surface area (Å²) < 4.78 is 0. The molecule has 1 heterocycles. The molecule has 0 unspecified atom stereocenters. The third-order valence-electron chi connectivity index (χ3n) is 8.15. The van der Waals surface area contributed by atoms with Gasteiger partial charge >= 0.3 is 0 Å². The molecule has 1 aliphatic heterocycles. The van der Waals surface area contributed by atoms with E-state index in [4.69, 9.17) is 0 Å². The van der Waals surface area contributed by atoms with Gasteiger partial charge in [0, 0.05) is 11.8 Å². The van der Waals surface area contributed by atoms with Gasteiger partial charge in [-0.05, 0) is 46.9 Å². The Balaban J connectivity index is 1.58. The third kappa shape index (κ3) is 2.22. The predicted molar refractivity (Wildman–Crippen MR) is 132 cm³/mol. The summed E-state index contributed by atoms with van der Waals surface area (Å²) in [4.78, 5) is 30.5. The van der Waals surface area contributed by atoms with Gasteiger partial charge in [0.15, 0.2) is 0 Å². The van der Waals surface area contributed by atoms with E-state index < -0.39 is 11.3 Å². The molecule has 4 aromatic rings. The number of aryl methyl sites for hydroxylation is 1. The summed E-state index contributed by atoms with van der Waals surface area (Å²) in [5.74, 6) is -1.08. The van der Waals surface area contributed by atoms with Gasteiger partial charge in [-0.15, -0.1) is 0 Å². The minimum atomic E-state index is -0.976. The van der Waals surface area contributed by atoms with Crippen molar-refractivity contribution in [3.63, 3.8) is 0 Å². The molecule has 3 nitrogen and oxygen atoms in total. The van der Waals surface area contributed by atoms with Crippen LogP contribution in [0.2, 0.25) is 0 Å². The molecule has 1 saturated heterocycles. The average molecular weight is 442 g/mol. The number of carbonyl (C=O) groups is 2. The molecule has 0 radical (unpaired) electrons. The van der Waals surface area contributed by atoms with E-state index >= 15 is 0 Å². The smallest absolute Gasteiger partial charge is 0.246 e. The first kappa shape index (κ1) is 19.5. The molecular formula is C31H23NO2. The van der Waals surface area contributed by atoms with Crippen molar-refractivity contribution in [1.82, 2.24) is 0 Å². The molecule has 0 N–H and O–H groups in total. The number of rotatable bonds is 2. The Morgan fingerprint density at radius 2 is 1.18 bits per heavy atom. The van der Waals surface area contributed by atoms with Crippen molar-refractivity contribution in [2.45, 2.75) is 24.2 Å². The first-order valence-electron chi connectivity index (χ1n) is 11.8. The number of amides is 2. The summed E-state index contributed by atoms with van der Waals surface area (Å²) in [6.07, 6.45) is 0. The quantitative estimate of drug-likeness (QED) is 0.374. The molecule has 0 saturated carbocycles. The van der Waals surface area contributed by atoms with Crippen LogP contribution in [0.4, 0.5) is 5.69 Å². The fourth-order valence-corrected chi connectivity index (χ4v) is 6.88. The number of hydrogen-bond acceptors (Lipinski definition) is 2. The van der Waals surface area contributed by atoms with Gasteiger partial charge in [0.2, 0.25) is 11.8 Å². The third-order valence-corrected chi connectivity index (χ3v) is 8.15. The van der Waals surface area contributed by atoms with Gasteiger partial charge in [0.05, 0.1) is 17.0 Å². The van der Waals surface area contributed by atoms with Crippen molar-refractivity contribution in [1.29, 1.82) is 0 Å². The zero-order valence-electron chi connectivity index (χ0n) is 18.8. The fourth-order valence-electron chi connectivity index (χ4n) is 6.88. The van der Waals surface area contributed by atoms with Gasteiger partial charge in [-0.1, -0.05) is 96.6 Å². The van der Waals surface area contributed by atoms with Gasteiger partial charge < -0.3 is 0 Å². The number of imide groups is 1. The fraction of sp³-hybridized carbons (Fsp3) is 0.161. The van der Waals surface area contributed by atoms with E-state index in [1.54, 1.807) is 0 Å². The molecule has 0 spiro atoms. The van der Waals surface area contributed by atoms with Crippen LogP contribution in [0.25, 0.3) is 0 Å². The van der Waals surface area contributed by atoms with E-state index in [2.05, 4.69) is 36.4 Å². The summed E-state index contributed by atoms with van der Waals surface area (Å²) in [7, 11) is 0. The van der Waals surface area contributed by atoms with Gasteiger partial charge in [0.1, 0.15) is 0 Å². The first-order valence-corrected chi connectivity index (χ1v) is 11.8. The van der Waals surface area contributed by atoms with Crippen LogP contribution in [0, 0.1) is 12.8 Å². The van der Waals surface area contributed by atoms with Crippen LogP contribution in [-0.4, -0.2) is 11.8 Å². The molecule has 2 amide bonds. The van der Waals surface area contributed by atoms with Crippen molar-refractivity contribution < 1.29 is 9.59 Å². The zero-order chi connectivity index (χ0) is 23.0. The van der Waals surface area contributed by atoms with Gasteiger partial charge in [0.25, 0.3) is 0 Å². The van der Waals surface area contributed by atoms with Crippen LogP contribution in [0.5, 0.6) is 0 Å². The average Bonchev–Trinajstić information content (AvgIpc) is 3.13. The highest BCUT2D eigenvalue weighted by atomic mass is 16.2. The molecule has 3 aliphatic carbocycles. The van der Waals surface area contributed by atoms with Crippen LogP contribution >= 0.6 is 0 Å². The number of nitrogens with zero attached hydrogens (tertiary/aromatic N) is 1. The lowest BCUT2D eigenvalue weighted by Crippen LogP contribution is -2.54. The van der Waals surface area contributed by atoms with Crippen molar-refractivity contribution in [3.8, 4) is 0 Å².